The first kappa shape index (κ1) is 28.5. The van der Waals surface area contributed by atoms with Gasteiger partial charge in [0.1, 0.15) is 17.5 Å². The average Bonchev–Trinajstić information content (AvgIpc) is 3.73. The van der Waals surface area contributed by atoms with Gasteiger partial charge in [-0.15, -0.1) is 11.3 Å². The van der Waals surface area contributed by atoms with Crippen molar-refractivity contribution in [2.45, 2.75) is 49.5 Å². The van der Waals surface area contributed by atoms with Crippen LogP contribution in [0.2, 0.25) is 0 Å². The summed E-state index contributed by atoms with van der Waals surface area (Å²) < 4.78 is 59.4. The van der Waals surface area contributed by atoms with E-state index in [0.717, 1.165) is 49.1 Å². The molecule has 0 bridgehead atoms. The molecule has 218 valence electrons. The zero-order valence-electron chi connectivity index (χ0n) is 22.7. The zero-order valence-corrected chi connectivity index (χ0v) is 24.3. The molecule has 12 heteroatoms. The van der Waals surface area contributed by atoms with E-state index in [1.54, 1.807) is 30.5 Å². The highest BCUT2D eigenvalue weighted by molar-refractivity contribution is 7.86. The summed E-state index contributed by atoms with van der Waals surface area (Å²) in [6.07, 6.45) is 6.00. The van der Waals surface area contributed by atoms with Crippen molar-refractivity contribution in [3.63, 3.8) is 0 Å². The van der Waals surface area contributed by atoms with Crippen molar-refractivity contribution in [3.8, 4) is 21.7 Å². The fourth-order valence-electron chi connectivity index (χ4n) is 5.23. The molecule has 2 fully saturated rings. The minimum Gasteiger partial charge on any atom is -0.311 e. The number of nitrogens with one attached hydrogen (secondary N) is 2. The van der Waals surface area contributed by atoms with E-state index in [-0.39, 0.29) is 23.1 Å². The number of thiazole rings is 1. The molecule has 2 aromatic carbocycles. The molecule has 4 aromatic rings. The monoisotopic (exact) mass is 611 g/mol. The highest BCUT2D eigenvalue weighted by Crippen LogP contribution is 2.44. The summed E-state index contributed by atoms with van der Waals surface area (Å²) in [6, 6.07) is 11.4. The van der Waals surface area contributed by atoms with Crippen LogP contribution in [0.5, 0.6) is 0 Å². The lowest BCUT2D eigenvalue weighted by atomic mass is 9.97. The molecule has 0 radical (unpaired) electrons. The van der Waals surface area contributed by atoms with E-state index in [1.807, 2.05) is 0 Å². The Bertz CT molecular complexity index is 1670. The summed E-state index contributed by atoms with van der Waals surface area (Å²) >= 11 is 1.49. The SMILES string of the molecule is CC(=O)Nc1cc(-c2sc(C3CCN(C4CC4)CC3)nc2-c2cccc(NS(=O)c3cc(F)ccc3F)c2F)ccn1. The Hall–Kier alpha value is -3.61. The summed E-state index contributed by atoms with van der Waals surface area (Å²) in [5.74, 6) is -2.02. The Labute approximate surface area is 247 Å². The maximum absolute atomic E-state index is 16.1. The maximum Gasteiger partial charge on any atom is 0.222 e. The number of amides is 1. The molecule has 2 N–H and O–H groups in total. The van der Waals surface area contributed by atoms with Crippen molar-refractivity contribution >= 4 is 39.7 Å². The van der Waals surface area contributed by atoms with E-state index in [9.17, 15) is 17.8 Å². The van der Waals surface area contributed by atoms with Crippen LogP contribution in [0.25, 0.3) is 21.7 Å². The van der Waals surface area contributed by atoms with Gasteiger partial charge >= 0.3 is 0 Å². The van der Waals surface area contributed by atoms with Gasteiger partial charge in [-0.3, -0.25) is 9.52 Å². The van der Waals surface area contributed by atoms with Crippen molar-refractivity contribution in [2.75, 3.05) is 23.1 Å². The Kier molecular flexibility index (Phi) is 8.11. The van der Waals surface area contributed by atoms with Gasteiger partial charge in [0.2, 0.25) is 5.91 Å². The third kappa shape index (κ3) is 6.11. The lowest BCUT2D eigenvalue weighted by molar-refractivity contribution is -0.114. The van der Waals surface area contributed by atoms with Gasteiger partial charge in [0.25, 0.3) is 0 Å². The smallest absolute Gasteiger partial charge is 0.222 e. The van der Waals surface area contributed by atoms with Crippen LogP contribution >= 0.6 is 11.3 Å². The van der Waals surface area contributed by atoms with Crippen LogP contribution in [0, 0.1) is 17.5 Å². The molecule has 2 aromatic heterocycles. The van der Waals surface area contributed by atoms with Crippen LogP contribution in [-0.2, 0) is 15.8 Å². The number of piperidine rings is 1. The van der Waals surface area contributed by atoms with Crippen molar-refractivity contribution in [1.82, 2.24) is 14.9 Å². The third-order valence-corrected chi connectivity index (χ3v) is 9.85. The standard InChI is InChI=1S/C30H28F3N5O2S2/c1-17(39)35-26-15-19(9-12-34-26)29-28(36-30(41-29)18-10-13-38(14-11-18)21-6-7-21)22-3-2-4-24(27(22)33)37-42(40)25-16-20(31)5-8-23(25)32/h2-5,8-9,12,15-16,18,21,37H,6-7,10-11,13-14H2,1H3,(H,34,35,39). The number of halogens is 3. The number of pyridine rings is 1. The van der Waals surface area contributed by atoms with Crippen LogP contribution in [0.3, 0.4) is 0 Å². The van der Waals surface area contributed by atoms with Gasteiger partial charge in [0, 0.05) is 30.6 Å². The van der Waals surface area contributed by atoms with E-state index in [1.165, 1.54) is 37.2 Å². The van der Waals surface area contributed by atoms with Crippen molar-refractivity contribution in [1.29, 1.82) is 0 Å². The molecule has 1 unspecified atom stereocenters. The van der Waals surface area contributed by atoms with E-state index in [2.05, 4.69) is 19.9 Å². The molecule has 1 atom stereocenters. The summed E-state index contributed by atoms with van der Waals surface area (Å²) in [7, 11) is -2.26. The highest BCUT2D eigenvalue weighted by atomic mass is 32.2. The molecule has 0 spiro atoms. The quantitative estimate of drug-likeness (QED) is 0.231. The Morgan fingerprint density at radius 3 is 2.57 bits per heavy atom. The maximum atomic E-state index is 16.1. The van der Waals surface area contributed by atoms with Crippen LogP contribution in [0.15, 0.2) is 59.6 Å². The summed E-state index contributed by atoms with van der Waals surface area (Å²) in [5, 5.41) is 3.58. The number of carbonyl (C=O) groups is 1. The number of aromatic nitrogens is 2. The first-order valence-corrected chi connectivity index (χ1v) is 15.6. The number of benzene rings is 2. The van der Waals surface area contributed by atoms with Gasteiger partial charge in [-0.1, -0.05) is 6.07 Å². The molecule has 1 aliphatic carbocycles. The number of hydrogen-bond donors (Lipinski definition) is 2. The van der Waals surface area contributed by atoms with E-state index < -0.39 is 33.3 Å². The number of anilines is 2. The molecule has 1 aliphatic heterocycles. The largest absolute Gasteiger partial charge is 0.311 e. The van der Waals surface area contributed by atoms with Gasteiger partial charge in [0.15, 0.2) is 16.8 Å². The second kappa shape index (κ2) is 11.9. The van der Waals surface area contributed by atoms with Gasteiger partial charge in [0.05, 0.1) is 26.2 Å². The fraction of sp³-hybridized carbons (Fsp3) is 0.300. The molecule has 2 aliphatic rings. The van der Waals surface area contributed by atoms with E-state index in [4.69, 9.17) is 4.98 Å². The first-order chi connectivity index (χ1) is 20.3. The lowest BCUT2D eigenvalue weighted by Crippen LogP contribution is -2.34. The third-order valence-electron chi connectivity index (χ3n) is 7.46. The van der Waals surface area contributed by atoms with Crippen molar-refractivity contribution in [3.05, 3.63) is 77.2 Å². The second-order valence-corrected chi connectivity index (χ2v) is 12.7. The van der Waals surface area contributed by atoms with E-state index >= 15 is 4.39 Å². The van der Waals surface area contributed by atoms with Crippen LogP contribution in [0.4, 0.5) is 24.7 Å². The van der Waals surface area contributed by atoms with Gasteiger partial charge in [-0.2, -0.15) is 0 Å². The molecule has 6 rings (SSSR count). The summed E-state index contributed by atoms with van der Waals surface area (Å²) in [4.78, 5) is 23.7. The number of carbonyl (C=O) groups excluding carboxylic acids is 1. The Morgan fingerprint density at radius 1 is 1.05 bits per heavy atom. The zero-order chi connectivity index (χ0) is 29.4. The molecular formula is C30H28F3N5O2S2. The fourth-order valence-corrected chi connectivity index (χ4v) is 7.41. The number of likely N-dealkylation sites (tertiary alicyclic amines) is 1. The molecule has 1 saturated carbocycles. The highest BCUT2D eigenvalue weighted by Gasteiger charge is 2.33. The molecule has 1 amide bonds. The predicted molar refractivity (Wildman–Crippen MR) is 158 cm³/mol. The second-order valence-electron chi connectivity index (χ2n) is 10.5. The summed E-state index contributed by atoms with van der Waals surface area (Å²) in [5.41, 5.74) is 1.15. The lowest BCUT2D eigenvalue weighted by Gasteiger charge is -2.30. The minimum absolute atomic E-state index is 0.138. The minimum atomic E-state index is -2.26. The van der Waals surface area contributed by atoms with Gasteiger partial charge in [-0.05, 0) is 86.8 Å². The molecule has 42 heavy (non-hydrogen) atoms. The average molecular weight is 612 g/mol. The molecule has 1 saturated heterocycles. The molecule has 7 nitrogen and oxygen atoms in total. The number of rotatable bonds is 8. The summed E-state index contributed by atoms with van der Waals surface area (Å²) in [6.45, 7) is 3.39. The number of nitrogens with zero attached hydrogens (tertiary/aromatic N) is 3. The normalized spacial score (nSPS) is 16.8. The Morgan fingerprint density at radius 2 is 1.83 bits per heavy atom. The topological polar surface area (TPSA) is 87.2 Å². The molecular weight excluding hydrogens is 583 g/mol. The Balaban J connectivity index is 1.37. The molecule has 3 heterocycles. The predicted octanol–water partition coefficient (Wildman–Crippen LogP) is 6.72. The van der Waals surface area contributed by atoms with Crippen LogP contribution in [0.1, 0.15) is 43.5 Å². The first-order valence-electron chi connectivity index (χ1n) is 13.7. The van der Waals surface area contributed by atoms with E-state index in [0.29, 0.717) is 28.0 Å². The van der Waals surface area contributed by atoms with Crippen molar-refractivity contribution < 1.29 is 22.2 Å². The van der Waals surface area contributed by atoms with Crippen molar-refractivity contribution in [2.24, 2.45) is 0 Å². The van der Waals surface area contributed by atoms with Gasteiger partial charge < -0.3 is 10.2 Å². The van der Waals surface area contributed by atoms with Crippen LogP contribution in [-0.4, -0.2) is 44.1 Å². The van der Waals surface area contributed by atoms with Gasteiger partial charge in [-0.25, -0.2) is 27.3 Å². The number of hydrogen-bond acceptors (Lipinski definition) is 6. The van der Waals surface area contributed by atoms with Crippen LogP contribution < -0.4 is 10.0 Å².